The average Bonchev–Trinajstić information content (AvgIpc) is 2.90. The zero-order chi connectivity index (χ0) is 12.1. The molecule has 0 aromatic carbocycles. The van der Waals surface area contributed by atoms with Crippen molar-refractivity contribution in [3.8, 4) is 0 Å². The van der Waals surface area contributed by atoms with Crippen LogP contribution in [0.2, 0.25) is 0 Å². The van der Waals surface area contributed by atoms with E-state index < -0.39 is 0 Å². The summed E-state index contributed by atoms with van der Waals surface area (Å²) in [6, 6.07) is 0.773. The fourth-order valence-electron chi connectivity index (χ4n) is 2.69. The minimum atomic E-state index is 0.311. The molecule has 1 saturated carbocycles. The Hall–Kier alpha value is -0.870. The fourth-order valence-corrected chi connectivity index (χ4v) is 2.69. The number of aromatic amines is 1. The van der Waals surface area contributed by atoms with Crippen LogP contribution in [0.3, 0.4) is 0 Å². The van der Waals surface area contributed by atoms with Crippen LogP contribution in [-0.2, 0) is 4.74 Å². The number of H-pyrrole nitrogens is 1. The summed E-state index contributed by atoms with van der Waals surface area (Å²) in [7, 11) is 1.82. The molecular weight excluding hydrogens is 214 g/mol. The molecule has 0 amide bonds. The topological polar surface area (TPSA) is 49.9 Å². The van der Waals surface area contributed by atoms with Crippen molar-refractivity contribution in [1.82, 2.24) is 15.3 Å². The molecule has 96 valence electrons. The van der Waals surface area contributed by atoms with Crippen LogP contribution >= 0.6 is 0 Å². The van der Waals surface area contributed by atoms with E-state index in [0.29, 0.717) is 18.2 Å². The Labute approximate surface area is 103 Å². The predicted molar refractivity (Wildman–Crippen MR) is 67.8 cm³/mol. The van der Waals surface area contributed by atoms with Crippen LogP contribution in [0, 0.1) is 0 Å². The molecule has 1 aliphatic rings. The molecule has 0 bridgehead atoms. The van der Waals surface area contributed by atoms with Crippen LogP contribution in [-0.4, -0.2) is 29.2 Å². The van der Waals surface area contributed by atoms with E-state index in [2.05, 4.69) is 22.2 Å². The summed E-state index contributed by atoms with van der Waals surface area (Å²) in [5, 5.41) is 3.69. The van der Waals surface area contributed by atoms with Gasteiger partial charge < -0.3 is 15.0 Å². The number of methoxy groups -OCH3 is 1. The minimum Gasteiger partial charge on any atom is -0.380 e. The highest BCUT2D eigenvalue weighted by atomic mass is 16.5. The molecule has 2 N–H and O–H groups in total. The number of hydrogen-bond donors (Lipinski definition) is 2. The van der Waals surface area contributed by atoms with Crippen LogP contribution in [0.15, 0.2) is 12.4 Å². The summed E-state index contributed by atoms with van der Waals surface area (Å²) >= 11 is 0. The summed E-state index contributed by atoms with van der Waals surface area (Å²) in [5.74, 6) is 1.04. The van der Waals surface area contributed by atoms with E-state index in [-0.39, 0.29) is 0 Å². The Balaban J connectivity index is 1.97. The summed E-state index contributed by atoms with van der Waals surface area (Å²) < 4.78 is 5.57. The Morgan fingerprint density at radius 3 is 3.00 bits per heavy atom. The molecule has 0 spiro atoms. The molecule has 1 aromatic rings. The Morgan fingerprint density at radius 2 is 2.35 bits per heavy atom. The van der Waals surface area contributed by atoms with Crippen molar-refractivity contribution in [2.45, 2.75) is 57.2 Å². The third-order valence-electron chi connectivity index (χ3n) is 3.68. The van der Waals surface area contributed by atoms with Gasteiger partial charge in [0.2, 0.25) is 0 Å². The number of nitrogens with zero attached hydrogens (tertiary/aromatic N) is 1. The summed E-state index contributed by atoms with van der Waals surface area (Å²) in [6.45, 7) is 2.19. The maximum absolute atomic E-state index is 5.57. The SMILES string of the molecule is CCC(NC1CCCCC1OC)c1ncc[nH]1. The zero-order valence-corrected chi connectivity index (χ0v) is 10.8. The molecule has 0 radical (unpaired) electrons. The molecule has 3 unspecified atom stereocenters. The maximum atomic E-state index is 5.57. The Bertz CT molecular complexity index is 312. The Morgan fingerprint density at radius 1 is 1.53 bits per heavy atom. The van der Waals surface area contributed by atoms with Gasteiger partial charge in [0.25, 0.3) is 0 Å². The van der Waals surface area contributed by atoms with Gasteiger partial charge in [0.1, 0.15) is 5.82 Å². The monoisotopic (exact) mass is 237 g/mol. The van der Waals surface area contributed by atoms with E-state index in [4.69, 9.17) is 4.74 Å². The number of imidazole rings is 1. The second-order valence-corrected chi connectivity index (χ2v) is 4.77. The van der Waals surface area contributed by atoms with Crippen LogP contribution in [0.1, 0.15) is 50.9 Å². The van der Waals surface area contributed by atoms with Crippen molar-refractivity contribution in [3.05, 3.63) is 18.2 Å². The summed E-state index contributed by atoms with van der Waals surface area (Å²) in [5.41, 5.74) is 0. The number of nitrogens with one attached hydrogen (secondary N) is 2. The molecule has 0 saturated heterocycles. The largest absolute Gasteiger partial charge is 0.380 e. The van der Waals surface area contributed by atoms with Gasteiger partial charge in [-0.1, -0.05) is 19.8 Å². The summed E-state index contributed by atoms with van der Waals surface area (Å²) in [4.78, 5) is 7.54. The molecule has 4 nitrogen and oxygen atoms in total. The predicted octanol–water partition coefficient (Wildman–Crippen LogP) is 2.41. The van der Waals surface area contributed by atoms with Gasteiger partial charge in [0.15, 0.2) is 0 Å². The molecule has 0 aliphatic heterocycles. The van der Waals surface area contributed by atoms with Crippen LogP contribution in [0.5, 0.6) is 0 Å². The lowest BCUT2D eigenvalue weighted by atomic mass is 9.91. The van der Waals surface area contributed by atoms with E-state index in [9.17, 15) is 0 Å². The first-order valence-electron chi connectivity index (χ1n) is 6.63. The van der Waals surface area contributed by atoms with Gasteiger partial charge in [-0.2, -0.15) is 0 Å². The van der Waals surface area contributed by atoms with Gasteiger partial charge in [-0.15, -0.1) is 0 Å². The highest BCUT2D eigenvalue weighted by molar-refractivity contribution is 4.97. The first-order valence-corrected chi connectivity index (χ1v) is 6.63. The van der Waals surface area contributed by atoms with Crippen molar-refractivity contribution < 1.29 is 4.74 Å². The molecular formula is C13H23N3O. The number of hydrogen-bond acceptors (Lipinski definition) is 3. The second kappa shape index (κ2) is 6.17. The van der Waals surface area contributed by atoms with Crippen molar-refractivity contribution in [1.29, 1.82) is 0 Å². The summed E-state index contributed by atoms with van der Waals surface area (Å²) in [6.07, 6.45) is 10.1. The van der Waals surface area contributed by atoms with Gasteiger partial charge in [-0.25, -0.2) is 4.98 Å². The minimum absolute atomic E-state index is 0.311. The molecule has 3 atom stereocenters. The van der Waals surface area contributed by atoms with Gasteiger partial charge in [0.05, 0.1) is 12.1 Å². The lowest BCUT2D eigenvalue weighted by Crippen LogP contribution is -2.44. The normalized spacial score (nSPS) is 26.9. The molecule has 4 heteroatoms. The van der Waals surface area contributed by atoms with E-state index in [1.54, 1.807) is 0 Å². The van der Waals surface area contributed by atoms with E-state index >= 15 is 0 Å². The molecule has 1 aromatic heterocycles. The van der Waals surface area contributed by atoms with Crippen molar-refractivity contribution >= 4 is 0 Å². The third-order valence-corrected chi connectivity index (χ3v) is 3.68. The lowest BCUT2D eigenvalue weighted by molar-refractivity contribution is 0.0370. The first-order chi connectivity index (χ1) is 8.35. The first kappa shape index (κ1) is 12.6. The van der Waals surface area contributed by atoms with Crippen molar-refractivity contribution in [2.24, 2.45) is 0 Å². The molecule has 1 aliphatic carbocycles. The fraction of sp³-hybridized carbons (Fsp3) is 0.769. The van der Waals surface area contributed by atoms with Crippen LogP contribution < -0.4 is 5.32 Å². The van der Waals surface area contributed by atoms with Crippen molar-refractivity contribution in [3.63, 3.8) is 0 Å². The number of aromatic nitrogens is 2. The third kappa shape index (κ3) is 3.07. The number of ether oxygens (including phenoxy) is 1. The van der Waals surface area contributed by atoms with E-state index in [1.165, 1.54) is 25.7 Å². The second-order valence-electron chi connectivity index (χ2n) is 4.77. The van der Waals surface area contributed by atoms with Crippen molar-refractivity contribution in [2.75, 3.05) is 7.11 Å². The van der Waals surface area contributed by atoms with Gasteiger partial charge in [-0.3, -0.25) is 0 Å². The van der Waals surface area contributed by atoms with E-state index in [0.717, 1.165) is 12.2 Å². The standard InChI is InChI=1S/C13H23N3O/c1-3-10(13-14-8-9-15-13)16-11-6-4-5-7-12(11)17-2/h8-12,16H,3-7H2,1-2H3,(H,14,15). The van der Waals surface area contributed by atoms with Crippen LogP contribution in [0.25, 0.3) is 0 Å². The smallest absolute Gasteiger partial charge is 0.123 e. The van der Waals surface area contributed by atoms with Gasteiger partial charge >= 0.3 is 0 Å². The quantitative estimate of drug-likeness (QED) is 0.827. The zero-order valence-electron chi connectivity index (χ0n) is 10.8. The average molecular weight is 237 g/mol. The van der Waals surface area contributed by atoms with Gasteiger partial charge in [-0.05, 0) is 19.3 Å². The lowest BCUT2D eigenvalue weighted by Gasteiger charge is -2.33. The highest BCUT2D eigenvalue weighted by Crippen LogP contribution is 2.24. The molecule has 17 heavy (non-hydrogen) atoms. The number of rotatable bonds is 5. The molecule has 1 heterocycles. The Kier molecular flexibility index (Phi) is 4.57. The maximum Gasteiger partial charge on any atom is 0.123 e. The van der Waals surface area contributed by atoms with Crippen LogP contribution in [0.4, 0.5) is 0 Å². The van der Waals surface area contributed by atoms with Gasteiger partial charge in [0, 0.05) is 25.5 Å². The molecule has 1 fully saturated rings. The molecule has 2 rings (SSSR count). The van der Waals surface area contributed by atoms with E-state index in [1.807, 2.05) is 19.5 Å². The highest BCUT2D eigenvalue weighted by Gasteiger charge is 2.27.